The van der Waals surface area contributed by atoms with Crippen LogP contribution in [-0.2, 0) is 6.54 Å². The lowest BCUT2D eigenvalue weighted by molar-refractivity contribution is 0.301. The summed E-state index contributed by atoms with van der Waals surface area (Å²) in [6.07, 6.45) is 0. The fourth-order valence-electron chi connectivity index (χ4n) is 1.68. The van der Waals surface area contributed by atoms with Gasteiger partial charge in [-0.15, -0.1) is 0 Å². The van der Waals surface area contributed by atoms with Crippen molar-refractivity contribution in [3.05, 3.63) is 40.7 Å². The van der Waals surface area contributed by atoms with Gasteiger partial charge in [0.25, 0.3) is 0 Å². The molecule has 1 aromatic carbocycles. The highest BCUT2D eigenvalue weighted by atomic mass is 16.6. The van der Waals surface area contributed by atoms with Crippen molar-refractivity contribution in [3.8, 4) is 0 Å². The normalized spacial score (nSPS) is 10.4. The Bertz CT molecular complexity index is 471. The van der Waals surface area contributed by atoms with Gasteiger partial charge in [-0.05, 0) is 31.9 Å². The summed E-state index contributed by atoms with van der Waals surface area (Å²) >= 11 is 0. The van der Waals surface area contributed by atoms with E-state index in [1.54, 1.807) is 0 Å². The highest BCUT2D eigenvalue weighted by molar-refractivity contribution is 5.56. The Morgan fingerprint density at radius 1 is 1.12 bits per heavy atom. The maximum Gasteiger partial charge on any atom is 0.127 e. The van der Waals surface area contributed by atoms with E-state index in [0.717, 1.165) is 17.1 Å². The van der Waals surface area contributed by atoms with Gasteiger partial charge in [-0.2, -0.15) is 0 Å². The fourth-order valence-corrected chi connectivity index (χ4v) is 1.68. The first-order chi connectivity index (χ1) is 7.68. The zero-order chi connectivity index (χ0) is 11.5. The van der Waals surface area contributed by atoms with Crippen LogP contribution in [0.2, 0.25) is 0 Å². The Hall–Kier alpha value is -1.84. The second-order valence-corrected chi connectivity index (χ2v) is 3.92. The average Bonchev–Trinajstić information content (AvgIpc) is 2.64. The smallest absolute Gasteiger partial charge is 0.127 e. The lowest BCUT2D eigenvalue weighted by atomic mass is 10.1. The molecular weight excluding hydrogens is 202 g/mol. The number of anilines is 1. The third-order valence-corrected chi connectivity index (χ3v) is 2.66. The molecule has 0 saturated carbocycles. The topological polar surface area (TPSA) is 51.0 Å². The largest absolute Gasteiger partial charge is 0.379 e. The summed E-state index contributed by atoms with van der Waals surface area (Å²) in [5.74, 6) is 0. The molecule has 16 heavy (non-hydrogen) atoms. The van der Waals surface area contributed by atoms with Crippen LogP contribution in [0.15, 0.2) is 22.8 Å². The Morgan fingerprint density at radius 3 is 2.38 bits per heavy atom. The Kier molecular flexibility index (Phi) is 2.90. The molecule has 0 spiro atoms. The second-order valence-electron chi connectivity index (χ2n) is 3.92. The summed E-state index contributed by atoms with van der Waals surface area (Å²) in [7, 11) is 0. The summed E-state index contributed by atoms with van der Waals surface area (Å²) < 4.78 is 4.65. The van der Waals surface area contributed by atoms with Gasteiger partial charge in [0.15, 0.2) is 0 Å². The van der Waals surface area contributed by atoms with Crippen LogP contribution in [0.25, 0.3) is 0 Å². The van der Waals surface area contributed by atoms with E-state index in [0.29, 0.717) is 6.54 Å². The van der Waals surface area contributed by atoms with Crippen LogP contribution in [0.1, 0.15) is 22.5 Å². The molecule has 0 aliphatic carbocycles. The summed E-state index contributed by atoms with van der Waals surface area (Å²) in [6, 6.07) is 6.23. The molecule has 0 atom stereocenters. The maximum atomic E-state index is 4.65. The van der Waals surface area contributed by atoms with Gasteiger partial charge in [0.1, 0.15) is 11.4 Å². The molecule has 0 fully saturated rings. The number of para-hydroxylation sites is 1. The zero-order valence-electron chi connectivity index (χ0n) is 9.74. The van der Waals surface area contributed by atoms with Gasteiger partial charge in [-0.1, -0.05) is 28.5 Å². The van der Waals surface area contributed by atoms with E-state index in [4.69, 9.17) is 0 Å². The summed E-state index contributed by atoms with van der Waals surface area (Å²) in [4.78, 5) is 0. The van der Waals surface area contributed by atoms with Crippen LogP contribution in [0.5, 0.6) is 0 Å². The van der Waals surface area contributed by atoms with Crippen molar-refractivity contribution in [2.75, 3.05) is 5.32 Å². The third-order valence-electron chi connectivity index (χ3n) is 2.66. The lowest BCUT2D eigenvalue weighted by Crippen LogP contribution is -2.04. The molecule has 1 heterocycles. The predicted octanol–water partition coefficient (Wildman–Crippen LogP) is 2.61. The van der Waals surface area contributed by atoms with Crippen molar-refractivity contribution in [2.24, 2.45) is 0 Å². The molecule has 2 rings (SSSR count). The number of hydrogen-bond donors (Lipinski definition) is 1. The van der Waals surface area contributed by atoms with Gasteiger partial charge >= 0.3 is 0 Å². The van der Waals surface area contributed by atoms with E-state index in [2.05, 4.69) is 52.3 Å². The Labute approximate surface area is 94.6 Å². The number of rotatable bonds is 3. The Balaban J connectivity index is 2.14. The average molecular weight is 217 g/mol. The minimum Gasteiger partial charge on any atom is -0.379 e. The number of aryl methyl sites for hydroxylation is 3. The van der Waals surface area contributed by atoms with Crippen molar-refractivity contribution >= 4 is 5.69 Å². The maximum absolute atomic E-state index is 4.65. The Morgan fingerprint density at radius 2 is 1.81 bits per heavy atom. The number of nitrogens with zero attached hydrogens (tertiary/aromatic N) is 2. The van der Waals surface area contributed by atoms with Gasteiger partial charge in [-0.3, -0.25) is 0 Å². The number of hydrogen-bond acceptors (Lipinski definition) is 4. The van der Waals surface area contributed by atoms with Crippen LogP contribution >= 0.6 is 0 Å². The minimum absolute atomic E-state index is 0.640. The standard InChI is InChI=1S/C12H15N3O/c1-8-5-4-6-9(2)12(8)13-7-11-10(3)14-16-15-11/h4-6,13H,7H2,1-3H3. The molecule has 4 heteroatoms. The molecule has 0 aliphatic heterocycles. The van der Waals surface area contributed by atoms with Gasteiger partial charge in [0, 0.05) is 5.69 Å². The second kappa shape index (κ2) is 4.35. The summed E-state index contributed by atoms with van der Waals surface area (Å²) in [5, 5.41) is 11.0. The molecule has 0 aliphatic rings. The van der Waals surface area contributed by atoms with Gasteiger partial charge in [0.2, 0.25) is 0 Å². The zero-order valence-corrected chi connectivity index (χ0v) is 9.74. The summed E-state index contributed by atoms with van der Waals surface area (Å²) in [6.45, 7) is 6.70. The lowest BCUT2D eigenvalue weighted by Gasteiger charge is -2.11. The van der Waals surface area contributed by atoms with E-state index < -0.39 is 0 Å². The molecule has 4 nitrogen and oxygen atoms in total. The highest BCUT2D eigenvalue weighted by Gasteiger charge is 2.06. The van der Waals surface area contributed by atoms with Gasteiger partial charge in [0.05, 0.1) is 6.54 Å². The fraction of sp³-hybridized carbons (Fsp3) is 0.333. The highest BCUT2D eigenvalue weighted by Crippen LogP contribution is 2.20. The van der Waals surface area contributed by atoms with E-state index >= 15 is 0 Å². The molecule has 1 aromatic heterocycles. The number of nitrogens with one attached hydrogen (secondary N) is 1. The van der Waals surface area contributed by atoms with Gasteiger partial charge < -0.3 is 5.32 Å². The first-order valence-electron chi connectivity index (χ1n) is 5.26. The number of aromatic nitrogens is 2. The quantitative estimate of drug-likeness (QED) is 0.858. The van der Waals surface area contributed by atoms with Crippen molar-refractivity contribution in [1.29, 1.82) is 0 Å². The van der Waals surface area contributed by atoms with Gasteiger partial charge in [-0.25, -0.2) is 4.63 Å². The van der Waals surface area contributed by atoms with Crippen LogP contribution < -0.4 is 5.32 Å². The van der Waals surface area contributed by atoms with Crippen molar-refractivity contribution in [2.45, 2.75) is 27.3 Å². The van der Waals surface area contributed by atoms with Crippen LogP contribution in [0, 0.1) is 20.8 Å². The SMILES string of the molecule is Cc1cccc(C)c1NCc1nonc1C. The van der Waals surface area contributed by atoms with Crippen molar-refractivity contribution in [3.63, 3.8) is 0 Å². The molecule has 0 bridgehead atoms. The van der Waals surface area contributed by atoms with Crippen LogP contribution in [0.4, 0.5) is 5.69 Å². The van der Waals surface area contributed by atoms with E-state index in [1.165, 1.54) is 11.1 Å². The first-order valence-corrected chi connectivity index (χ1v) is 5.26. The van der Waals surface area contributed by atoms with Crippen molar-refractivity contribution in [1.82, 2.24) is 10.3 Å². The molecule has 2 aromatic rings. The third kappa shape index (κ3) is 2.05. The first kappa shape index (κ1) is 10.7. The monoisotopic (exact) mass is 217 g/mol. The molecule has 1 N–H and O–H groups in total. The molecule has 0 amide bonds. The molecule has 0 radical (unpaired) electrons. The van der Waals surface area contributed by atoms with Crippen molar-refractivity contribution < 1.29 is 4.63 Å². The van der Waals surface area contributed by atoms with Crippen LogP contribution in [-0.4, -0.2) is 10.3 Å². The van der Waals surface area contributed by atoms with E-state index in [1.807, 2.05) is 6.92 Å². The number of benzene rings is 1. The minimum atomic E-state index is 0.640. The molecule has 84 valence electrons. The molecule has 0 unspecified atom stereocenters. The van der Waals surface area contributed by atoms with Crippen LogP contribution in [0.3, 0.4) is 0 Å². The molecular formula is C12H15N3O. The predicted molar refractivity (Wildman–Crippen MR) is 62.3 cm³/mol. The molecule has 0 saturated heterocycles. The van der Waals surface area contributed by atoms with E-state index in [-0.39, 0.29) is 0 Å². The van der Waals surface area contributed by atoms with E-state index in [9.17, 15) is 0 Å². The summed E-state index contributed by atoms with van der Waals surface area (Å²) in [5.41, 5.74) is 5.30.